The molecule has 15 heavy (non-hydrogen) atoms. The van der Waals surface area contributed by atoms with E-state index in [0.29, 0.717) is 18.2 Å². The lowest BCUT2D eigenvalue weighted by atomic mass is 10.2. The van der Waals surface area contributed by atoms with Crippen LogP contribution >= 0.6 is 0 Å². The average molecular weight is 198 g/mol. The number of hydrogen-bond donors (Lipinski definition) is 1. The molecule has 0 saturated carbocycles. The van der Waals surface area contributed by atoms with Gasteiger partial charge in [0.05, 0.1) is 0 Å². The molecule has 1 N–H and O–H groups in total. The summed E-state index contributed by atoms with van der Waals surface area (Å²) in [5.74, 6) is 1.33. The van der Waals surface area contributed by atoms with Crippen molar-refractivity contribution in [2.24, 2.45) is 4.99 Å². The zero-order chi connectivity index (χ0) is 10.3. The number of aromatic nitrogens is 1. The van der Waals surface area contributed by atoms with E-state index in [1.165, 1.54) is 0 Å². The van der Waals surface area contributed by atoms with Crippen LogP contribution in [0.1, 0.15) is 5.69 Å². The van der Waals surface area contributed by atoms with Crippen molar-refractivity contribution in [3.05, 3.63) is 48.4 Å². The number of para-hydroxylation sites is 1. The number of nitrogens with one attached hydrogen (secondary N) is 1. The third-order valence-electron chi connectivity index (χ3n) is 2.40. The first-order valence-corrected chi connectivity index (χ1v) is 4.81. The van der Waals surface area contributed by atoms with Gasteiger partial charge in [-0.15, -0.1) is 0 Å². The molecular formula is C12H10N2O. The summed E-state index contributed by atoms with van der Waals surface area (Å²) in [7, 11) is 0. The SMILES string of the molecule is C=C1CN=C(c2cc3ccccc3[nH]2)O1. The van der Waals surface area contributed by atoms with Crippen molar-refractivity contribution in [3.63, 3.8) is 0 Å². The van der Waals surface area contributed by atoms with Crippen molar-refractivity contribution < 1.29 is 4.74 Å². The Morgan fingerprint density at radius 2 is 2.20 bits per heavy atom. The molecule has 0 atom stereocenters. The standard InChI is InChI=1S/C12H10N2O/c1-8-7-13-12(15-8)11-6-9-4-2-3-5-10(9)14-11/h2-6,14H,1,7H2. The molecule has 0 saturated heterocycles. The monoisotopic (exact) mass is 198 g/mol. The van der Waals surface area contributed by atoms with E-state index in [9.17, 15) is 0 Å². The molecule has 2 aromatic rings. The Morgan fingerprint density at radius 3 is 2.93 bits per heavy atom. The number of aromatic amines is 1. The van der Waals surface area contributed by atoms with Gasteiger partial charge < -0.3 is 9.72 Å². The van der Waals surface area contributed by atoms with Gasteiger partial charge in [0.25, 0.3) is 0 Å². The molecule has 3 rings (SSSR count). The molecule has 3 nitrogen and oxygen atoms in total. The Bertz CT molecular complexity index is 533. The van der Waals surface area contributed by atoms with Crippen molar-refractivity contribution in [1.29, 1.82) is 0 Å². The summed E-state index contributed by atoms with van der Waals surface area (Å²) in [6.07, 6.45) is 0. The predicted octanol–water partition coefficient (Wildman–Crippen LogP) is 2.46. The van der Waals surface area contributed by atoms with E-state index in [1.54, 1.807) is 0 Å². The van der Waals surface area contributed by atoms with Gasteiger partial charge in [-0.25, -0.2) is 4.99 Å². The lowest BCUT2D eigenvalue weighted by molar-refractivity contribution is 0.441. The Labute approximate surface area is 87.1 Å². The molecule has 74 valence electrons. The first kappa shape index (κ1) is 8.29. The maximum Gasteiger partial charge on any atom is 0.238 e. The van der Waals surface area contributed by atoms with E-state index >= 15 is 0 Å². The molecule has 0 aliphatic carbocycles. The van der Waals surface area contributed by atoms with Crippen LogP contribution in [0.3, 0.4) is 0 Å². The Balaban J connectivity index is 2.09. The zero-order valence-corrected chi connectivity index (χ0v) is 8.16. The first-order chi connectivity index (χ1) is 7.33. The molecule has 1 aliphatic heterocycles. The predicted molar refractivity (Wildman–Crippen MR) is 59.9 cm³/mol. The van der Waals surface area contributed by atoms with E-state index in [2.05, 4.69) is 22.6 Å². The Hall–Kier alpha value is -2.03. The molecule has 3 heteroatoms. The van der Waals surface area contributed by atoms with Crippen LogP contribution < -0.4 is 0 Å². The third kappa shape index (κ3) is 1.32. The number of aliphatic imine (C=N–C) groups is 1. The van der Waals surface area contributed by atoms with Gasteiger partial charge in [-0.1, -0.05) is 24.8 Å². The number of hydrogen-bond acceptors (Lipinski definition) is 2. The van der Waals surface area contributed by atoms with E-state index in [4.69, 9.17) is 4.74 Å². The molecule has 0 bridgehead atoms. The number of benzene rings is 1. The van der Waals surface area contributed by atoms with Crippen LogP contribution in [0.15, 0.2) is 47.7 Å². The fourth-order valence-electron chi connectivity index (χ4n) is 1.69. The Kier molecular flexibility index (Phi) is 1.65. The van der Waals surface area contributed by atoms with E-state index in [1.807, 2.05) is 24.3 Å². The van der Waals surface area contributed by atoms with Crippen LogP contribution in [0.5, 0.6) is 0 Å². The summed E-state index contributed by atoms with van der Waals surface area (Å²) in [5.41, 5.74) is 2.01. The molecule has 0 amide bonds. The molecule has 0 radical (unpaired) electrons. The second-order valence-electron chi connectivity index (χ2n) is 3.53. The minimum absolute atomic E-state index is 0.560. The van der Waals surface area contributed by atoms with Gasteiger partial charge >= 0.3 is 0 Å². The number of H-pyrrole nitrogens is 1. The summed E-state index contributed by atoms with van der Waals surface area (Å²) in [6, 6.07) is 10.1. The number of rotatable bonds is 1. The molecule has 2 heterocycles. The topological polar surface area (TPSA) is 37.4 Å². The summed E-state index contributed by atoms with van der Waals surface area (Å²) < 4.78 is 5.40. The highest BCUT2D eigenvalue weighted by Crippen LogP contribution is 2.18. The fraction of sp³-hybridized carbons (Fsp3) is 0.0833. The molecule has 1 aliphatic rings. The van der Waals surface area contributed by atoms with Crippen molar-refractivity contribution >= 4 is 16.8 Å². The maximum atomic E-state index is 5.40. The third-order valence-corrected chi connectivity index (χ3v) is 2.40. The van der Waals surface area contributed by atoms with Gasteiger partial charge in [-0.3, -0.25) is 0 Å². The smallest absolute Gasteiger partial charge is 0.238 e. The van der Waals surface area contributed by atoms with Crippen LogP contribution in [-0.2, 0) is 4.74 Å². The van der Waals surface area contributed by atoms with Crippen molar-refractivity contribution in [3.8, 4) is 0 Å². The second-order valence-corrected chi connectivity index (χ2v) is 3.53. The second kappa shape index (κ2) is 2.98. The summed E-state index contributed by atoms with van der Waals surface area (Å²) >= 11 is 0. The van der Waals surface area contributed by atoms with Gasteiger partial charge in [0.1, 0.15) is 18.0 Å². The molecule has 0 unspecified atom stereocenters. The van der Waals surface area contributed by atoms with Crippen molar-refractivity contribution in [2.75, 3.05) is 6.54 Å². The van der Waals surface area contributed by atoms with Crippen LogP contribution in [0.4, 0.5) is 0 Å². The van der Waals surface area contributed by atoms with Gasteiger partial charge in [-0.2, -0.15) is 0 Å². The zero-order valence-electron chi connectivity index (χ0n) is 8.16. The summed E-state index contributed by atoms with van der Waals surface area (Å²) in [5, 5.41) is 1.16. The maximum absolute atomic E-state index is 5.40. The number of ether oxygens (including phenoxy) is 1. The minimum Gasteiger partial charge on any atom is -0.440 e. The molecule has 1 aromatic heterocycles. The lowest BCUT2D eigenvalue weighted by Gasteiger charge is -1.97. The van der Waals surface area contributed by atoms with Crippen LogP contribution in [0.25, 0.3) is 10.9 Å². The first-order valence-electron chi connectivity index (χ1n) is 4.81. The van der Waals surface area contributed by atoms with Crippen LogP contribution in [-0.4, -0.2) is 17.4 Å². The van der Waals surface area contributed by atoms with Crippen molar-refractivity contribution in [1.82, 2.24) is 4.98 Å². The van der Waals surface area contributed by atoms with E-state index < -0.39 is 0 Å². The Morgan fingerprint density at radius 1 is 1.33 bits per heavy atom. The minimum atomic E-state index is 0.560. The van der Waals surface area contributed by atoms with Gasteiger partial charge in [0.15, 0.2) is 0 Å². The normalized spacial score (nSPS) is 15.5. The lowest BCUT2D eigenvalue weighted by Crippen LogP contribution is -1.99. The van der Waals surface area contributed by atoms with E-state index in [-0.39, 0.29) is 0 Å². The number of nitrogens with zero attached hydrogens (tertiary/aromatic N) is 1. The highest BCUT2D eigenvalue weighted by atomic mass is 16.5. The molecule has 1 aromatic carbocycles. The van der Waals surface area contributed by atoms with Gasteiger partial charge in [-0.05, 0) is 12.1 Å². The van der Waals surface area contributed by atoms with Gasteiger partial charge in [0.2, 0.25) is 5.90 Å². The van der Waals surface area contributed by atoms with Crippen LogP contribution in [0, 0.1) is 0 Å². The molecule has 0 fully saturated rings. The highest BCUT2D eigenvalue weighted by molar-refractivity contribution is 5.99. The average Bonchev–Trinajstić information content (AvgIpc) is 2.82. The summed E-state index contributed by atoms with van der Waals surface area (Å²) in [4.78, 5) is 7.51. The van der Waals surface area contributed by atoms with Crippen molar-refractivity contribution in [2.45, 2.75) is 0 Å². The molecular weight excluding hydrogens is 188 g/mol. The molecule has 0 spiro atoms. The highest BCUT2D eigenvalue weighted by Gasteiger charge is 2.15. The quantitative estimate of drug-likeness (QED) is 0.750. The fourth-order valence-corrected chi connectivity index (χ4v) is 1.69. The van der Waals surface area contributed by atoms with E-state index in [0.717, 1.165) is 16.6 Å². The summed E-state index contributed by atoms with van der Waals surface area (Å²) in [6.45, 7) is 4.29. The van der Waals surface area contributed by atoms with Crippen LogP contribution in [0.2, 0.25) is 0 Å². The number of fused-ring (bicyclic) bond motifs is 1. The van der Waals surface area contributed by atoms with Gasteiger partial charge in [0, 0.05) is 10.9 Å². The largest absolute Gasteiger partial charge is 0.440 e.